The second-order valence-corrected chi connectivity index (χ2v) is 35.6. The third-order valence-corrected chi connectivity index (χ3v) is 28.6. The van der Waals surface area contributed by atoms with E-state index in [1.165, 1.54) is 151 Å². The Hall–Kier alpha value is -7.98. The van der Waals surface area contributed by atoms with Crippen LogP contribution in [0.1, 0.15) is 366 Å². The lowest BCUT2D eigenvalue weighted by atomic mass is 9.85. The van der Waals surface area contributed by atoms with E-state index in [9.17, 15) is 0 Å². The van der Waals surface area contributed by atoms with Crippen molar-refractivity contribution in [2.24, 2.45) is 11.8 Å². The summed E-state index contributed by atoms with van der Waals surface area (Å²) in [5, 5.41) is 0. The molecule has 658 valence electrons. The molecule has 5 aliphatic heterocycles. The fourth-order valence-electron chi connectivity index (χ4n) is 22.4. The molecule has 5 atom stereocenters. The van der Waals surface area contributed by atoms with E-state index in [0.717, 1.165) is 160 Å². The predicted molar refractivity (Wildman–Crippen MR) is 524 cm³/mol. The van der Waals surface area contributed by atoms with Gasteiger partial charge in [0, 0.05) is 142 Å². The number of rotatable bonds is 13. The number of para-hydroxylation sites is 5. The first-order valence-electron chi connectivity index (χ1n) is 52.5. The second-order valence-electron chi connectivity index (χ2n) is 35.6. The molecule has 0 aromatic heterocycles. The van der Waals surface area contributed by atoms with Crippen LogP contribution in [-0.2, 0) is 0 Å². The quantitative estimate of drug-likeness (QED) is 0.112. The predicted octanol–water partition coefficient (Wildman–Crippen LogP) is 30.7. The summed E-state index contributed by atoms with van der Waals surface area (Å²) >= 11 is 0. The van der Waals surface area contributed by atoms with E-state index in [2.05, 4.69) is 151 Å². The van der Waals surface area contributed by atoms with Crippen molar-refractivity contribution in [1.82, 2.24) is 24.5 Å². The molecule has 120 heavy (non-hydrogen) atoms. The Balaban J connectivity index is 0.000000188. The fraction of sp³-hybridized carbons (Fsp3) is 0.582. The lowest BCUT2D eigenvalue weighted by molar-refractivity contribution is 0.183. The van der Waals surface area contributed by atoms with Crippen LogP contribution < -0.4 is 24.5 Å². The third kappa shape index (κ3) is 19.6. The standard InChI is InChI=1S/C24H30N2.C23H34N2.C22H32N2.2C18H26N2.5CH4/c1-18-12-10-11-17-23(18)25-19(2)24(21-13-6-4-7-14-21)26(20(25)3)22-15-8-5-9-16-22;1-17-11-7-10-16-22(17)24-18(2)23(20-12-5-4-6-13-20)25(19(24)3)21-14-8-9-15-21;1-16-10-4-9-15-21(16)23-17(2)22(19-11-5-6-12-19)24(18(23)3)20-13-7-8-14-20;2*1-13-9-5-8-12-18(13)20-15(3)14(2)19(16(20)4)17-10-6-7-11-17;;;;;/h4,6-7,10-14,17,20,22H,5,8-9,15-16H2,1-3H3;7,10-11,16,19-21H,4-6,8-9,12-15H2,1-3H3;4,9-10,15,18-20H,5-8,11-14H2,1-3H3;2*5,8-9,12,16-17H,6-7,10-11H2,1-4H3;5*1H4/i3*3D3;2*4D3;;;;;. The molecule has 5 unspecified atom stereocenters. The number of aryl methyl sites for hydroxylation is 5. The van der Waals surface area contributed by atoms with Crippen LogP contribution in [0.2, 0.25) is 0 Å². The average Bonchev–Trinajstić information content (AvgIpc) is 1.57. The van der Waals surface area contributed by atoms with Gasteiger partial charge in [0.15, 0.2) is 0 Å². The minimum Gasteiger partial charge on any atom is -0.350 e. The maximum atomic E-state index is 8.49. The molecule has 0 spiro atoms. The number of allylic oxidation sites excluding steroid dienone is 9. The summed E-state index contributed by atoms with van der Waals surface area (Å²) in [6, 6.07) is 52.7. The van der Waals surface area contributed by atoms with Gasteiger partial charge in [-0.15, -0.1) is 0 Å². The van der Waals surface area contributed by atoms with Crippen LogP contribution in [0.4, 0.5) is 28.4 Å². The zero-order valence-corrected chi connectivity index (χ0v) is 72.0. The molecule has 18 rings (SSSR count). The Labute approximate surface area is 756 Å². The Morgan fingerprint density at radius 1 is 0.217 bits per heavy atom. The van der Waals surface area contributed by atoms with Gasteiger partial charge in [-0.25, -0.2) is 0 Å². The molecule has 0 saturated heterocycles. The lowest BCUT2D eigenvalue weighted by Gasteiger charge is -2.40. The topological polar surface area (TPSA) is 32.4 Å². The van der Waals surface area contributed by atoms with E-state index < -0.39 is 65.1 Å². The van der Waals surface area contributed by atoms with Crippen LogP contribution in [-0.4, -0.2) is 85.5 Å². The molecule has 0 amide bonds. The molecule has 10 nitrogen and oxygen atoms in total. The van der Waals surface area contributed by atoms with E-state index in [4.69, 9.17) is 20.6 Å². The molecule has 7 aliphatic carbocycles. The number of anilines is 5. The van der Waals surface area contributed by atoms with Crippen molar-refractivity contribution in [3.05, 3.63) is 236 Å². The first kappa shape index (κ1) is 75.7. The first-order chi connectivity index (χ1) is 61.8. The lowest BCUT2D eigenvalue weighted by Crippen LogP contribution is -2.44. The van der Waals surface area contributed by atoms with E-state index >= 15 is 0 Å². The van der Waals surface area contributed by atoms with E-state index in [0.29, 0.717) is 36.0 Å². The molecule has 7 fully saturated rings. The maximum Gasteiger partial charge on any atom is 0.104 e. The van der Waals surface area contributed by atoms with Crippen molar-refractivity contribution in [1.29, 1.82) is 0 Å². The van der Waals surface area contributed by atoms with Crippen LogP contribution >= 0.6 is 0 Å². The smallest absolute Gasteiger partial charge is 0.104 e. The van der Waals surface area contributed by atoms with Crippen LogP contribution in [0, 0.1) is 46.5 Å². The van der Waals surface area contributed by atoms with Gasteiger partial charge in [0.2, 0.25) is 0 Å². The second kappa shape index (κ2) is 43.4. The van der Waals surface area contributed by atoms with Crippen LogP contribution in [0.3, 0.4) is 0 Å². The van der Waals surface area contributed by atoms with E-state index in [1.807, 2.05) is 133 Å². The highest BCUT2D eigenvalue weighted by molar-refractivity contribution is 5.77. The molecule has 5 heterocycles. The molecule has 6 aromatic carbocycles. The van der Waals surface area contributed by atoms with Crippen molar-refractivity contribution in [2.75, 3.05) is 24.5 Å². The highest BCUT2D eigenvalue weighted by atomic mass is 15.5. The number of nitrogens with zero attached hydrogens (tertiary/aromatic N) is 10. The summed E-state index contributed by atoms with van der Waals surface area (Å²) in [5.74, 6) is 1.03. The van der Waals surface area contributed by atoms with Gasteiger partial charge in [0.05, 0.1) is 5.70 Å². The average molecular weight is 1650 g/mol. The summed E-state index contributed by atoms with van der Waals surface area (Å²) in [6.45, 7) is 14.7. The van der Waals surface area contributed by atoms with Gasteiger partial charge in [0.25, 0.3) is 0 Å². The zero-order chi connectivity index (χ0) is 93.2. The minimum absolute atomic E-state index is 0. The van der Waals surface area contributed by atoms with Crippen molar-refractivity contribution in [2.45, 2.75) is 408 Å². The minimum atomic E-state index is -2.13. The Bertz CT molecular complexity index is 4870. The summed E-state index contributed by atoms with van der Waals surface area (Å²) in [5.41, 5.74) is 23.3. The highest BCUT2D eigenvalue weighted by Gasteiger charge is 2.46. The molecule has 0 N–H and O–H groups in total. The molecule has 7 saturated carbocycles. The SMILES string of the molecule is C.C.C.C.C.[2H]C([2H])([2H])C1N(c2ccccc2C)C(C)=C(C)N1C1CCCC1.[2H]C([2H])([2H])C1N(c2ccccc2C)C(C)=C(C)N1C1CCCC1.[2H]C([2H])([2H])C1N(c2ccccc2C)C(C)=C(C2CCCC2)N1C1CCCC1.[2H]C([2H])([2H])C1N(c2ccccc2C)C(C)=C(C2CCCCC2)N1C1CCCC1.[2H]C([2H])([2H])C1N(c2ccccc2C)C(C)=C(c2ccccc2)N1C1CCCCC1. The molecule has 12 aliphatic rings. The Morgan fingerprint density at radius 2 is 0.433 bits per heavy atom. The highest BCUT2D eigenvalue weighted by Crippen LogP contribution is 2.51. The molecular weight excluding hydrogens is 1460 g/mol. The molecule has 0 bridgehead atoms. The number of benzene rings is 6. The summed E-state index contributed by atoms with van der Waals surface area (Å²) in [4.78, 5) is 21.8. The van der Waals surface area contributed by atoms with Gasteiger partial charge >= 0.3 is 0 Å². The summed E-state index contributed by atoms with van der Waals surface area (Å²) < 4.78 is 125. The van der Waals surface area contributed by atoms with Crippen molar-refractivity contribution < 1.29 is 20.6 Å². The van der Waals surface area contributed by atoms with E-state index in [-0.39, 0.29) is 43.2 Å². The van der Waals surface area contributed by atoms with Crippen LogP contribution in [0.5, 0.6) is 0 Å². The van der Waals surface area contributed by atoms with Gasteiger partial charge in [-0.1, -0.05) is 261 Å². The number of hydrogen-bond acceptors (Lipinski definition) is 10. The van der Waals surface area contributed by atoms with Gasteiger partial charge in [0.1, 0.15) is 30.8 Å². The molecule has 6 aromatic rings. The molecule has 10 heteroatoms. The number of hydrogen-bond donors (Lipinski definition) is 0. The Kier molecular flexibility index (Phi) is 27.4. The van der Waals surface area contributed by atoms with Crippen molar-refractivity contribution in [3.8, 4) is 0 Å². The normalized spacial score (nSPS) is 25.8. The molecular formula is C110H168N10. The summed E-state index contributed by atoms with van der Waals surface area (Å²) in [7, 11) is 0. The van der Waals surface area contributed by atoms with Gasteiger partial charge < -0.3 is 49.0 Å². The van der Waals surface area contributed by atoms with Crippen LogP contribution in [0.15, 0.2) is 203 Å². The summed E-state index contributed by atoms with van der Waals surface area (Å²) in [6.07, 6.45) is 32.4. The monoisotopic (exact) mass is 1640 g/mol. The molecule has 0 radical (unpaired) electrons. The van der Waals surface area contributed by atoms with Gasteiger partial charge in [-0.3, -0.25) is 0 Å². The van der Waals surface area contributed by atoms with Crippen molar-refractivity contribution >= 4 is 34.1 Å². The van der Waals surface area contributed by atoms with Gasteiger partial charge in [-0.2, -0.15) is 0 Å². The van der Waals surface area contributed by atoms with Gasteiger partial charge in [-0.05, 0) is 271 Å². The maximum absolute atomic E-state index is 8.49. The first-order valence-corrected chi connectivity index (χ1v) is 45.0. The van der Waals surface area contributed by atoms with Crippen LogP contribution in [0.25, 0.3) is 5.70 Å². The zero-order valence-electron chi connectivity index (χ0n) is 87.0. The Morgan fingerprint density at radius 3 is 0.725 bits per heavy atom. The largest absolute Gasteiger partial charge is 0.350 e. The third-order valence-electron chi connectivity index (χ3n) is 28.6. The fourth-order valence-corrected chi connectivity index (χ4v) is 22.4. The van der Waals surface area contributed by atoms with Crippen molar-refractivity contribution in [3.63, 3.8) is 0 Å². The van der Waals surface area contributed by atoms with E-state index in [1.54, 1.807) is 0 Å².